The third kappa shape index (κ3) is 2.54. The van der Waals surface area contributed by atoms with Crippen molar-refractivity contribution >= 4 is 23.6 Å². The molecule has 2 N–H and O–H groups in total. The van der Waals surface area contributed by atoms with E-state index in [1.165, 1.54) is 29.2 Å². The average Bonchev–Trinajstić information content (AvgIpc) is 2.50. The van der Waals surface area contributed by atoms with Crippen LogP contribution in [-0.2, 0) is 9.59 Å². The van der Waals surface area contributed by atoms with Crippen molar-refractivity contribution in [3.8, 4) is 0 Å². The molecular weight excluding hydrogens is 291 g/mol. The molecule has 0 aliphatic carbocycles. The van der Waals surface area contributed by atoms with Crippen LogP contribution in [0.15, 0.2) is 29.3 Å². The summed E-state index contributed by atoms with van der Waals surface area (Å²) in [6, 6.07) is 4.10. The molecule has 0 aromatic heterocycles. The SMILES string of the molecule is O=C(NC1=NCC(=O)C2C(=O)NCCN12)c1ccc(F)cc1. The molecule has 2 aliphatic rings. The molecule has 0 radical (unpaired) electrons. The van der Waals surface area contributed by atoms with E-state index in [1.807, 2.05) is 0 Å². The number of nitrogens with zero attached hydrogens (tertiary/aromatic N) is 2. The first-order chi connectivity index (χ1) is 10.6. The quantitative estimate of drug-likeness (QED) is 0.671. The minimum Gasteiger partial charge on any atom is -0.352 e. The first-order valence-corrected chi connectivity index (χ1v) is 6.75. The lowest BCUT2D eigenvalue weighted by atomic mass is 10.1. The van der Waals surface area contributed by atoms with Gasteiger partial charge in [0.15, 0.2) is 11.8 Å². The van der Waals surface area contributed by atoms with Crippen molar-refractivity contribution in [3.05, 3.63) is 35.6 Å². The van der Waals surface area contributed by atoms with E-state index in [-0.39, 0.29) is 29.8 Å². The van der Waals surface area contributed by atoms with Crippen molar-refractivity contribution in [2.24, 2.45) is 4.99 Å². The van der Waals surface area contributed by atoms with Crippen LogP contribution in [0.5, 0.6) is 0 Å². The fraction of sp³-hybridized carbons (Fsp3) is 0.286. The number of benzene rings is 1. The molecule has 22 heavy (non-hydrogen) atoms. The van der Waals surface area contributed by atoms with E-state index in [1.54, 1.807) is 0 Å². The standard InChI is InChI=1S/C14H13FN4O3/c15-9-3-1-8(2-4-9)12(21)18-14-17-7-10(20)11-13(22)16-5-6-19(11)14/h1-4,11H,5-7H2,(H,16,22)(H,17,18,21). The molecule has 0 spiro atoms. The van der Waals surface area contributed by atoms with E-state index >= 15 is 0 Å². The second-order valence-corrected chi connectivity index (χ2v) is 4.95. The molecule has 1 fully saturated rings. The number of carbonyl (C=O) groups excluding carboxylic acids is 3. The van der Waals surface area contributed by atoms with Gasteiger partial charge in [0.2, 0.25) is 5.96 Å². The molecule has 114 valence electrons. The van der Waals surface area contributed by atoms with E-state index < -0.39 is 17.8 Å². The minimum atomic E-state index is -0.949. The zero-order valence-electron chi connectivity index (χ0n) is 11.5. The van der Waals surface area contributed by atoms with Crippen molar-refractivity contribution in [2.75, 3.05) is 19.6 Å². The number of fused-ring (bicyclic) bond motifs is 1. The van der Waals surface area contributed by atoms with Gasteiger partial charge in [0, 0.05) is 18.7 Å². The van der Waals surface area contributed by atoms with E-state index in [2.05, 4.69) is 15.6 Å². The second kappa shape index (κ2) is 5.55. The molecule has 1 aromatic rings. The maximum atomic E-state index is 12.9. The summed E-state index contributed by atoms with van der Waals surface area (Å²) in [6.45, 7) is 0.590. The Bertz CT molecular complexity index is 671. The van der Waals surface area contributed by atoms with Crippen LogP contribution in [0.3, 0.4) is 0 Å². The highest BCUT2D eigenvalue weighted by atomic mass is 19.1. The highest BCUT2D eigenvalue weighted by Crippen LogP contribution is 2.12. The summed E-state index contributed by atoms with van der Waals surface area (Å²) in [7, 11) is 0. The van der Waals surface area contributed by atoms with Gasteiger partial charge in [-0.1, -0.05) is 0 Å². The maximum Gasteiger partial charge on any atom is 0.257 e. The molecule has 7 nitrogen and oxygen atoms in total. The zero-order chi connectivity index (χ0) is 15.7. The molecule has 8 heteroatoms. The highest BCUT2D eigenvalue weighted by Gasteiger charge is 2.40. The summed E-state index contributed by atoms with van der Waals surface area (Å²) >= 11 is 0. The number of hydrogen-bond acceptors (Lipinski definition) is 5. The lowest BCUT2D eigenvalue weighted by Gasteiger charge is -2.38. The molecule has 3 rings (SSSR count). The highest BCUT2D eigenvalue weighted by molar-refractivity contribution is 6.14. The van der Waals surface area contributed by atoms with Crippen molar-refractivity contribution in [3.63, 3.8) is 0 Å². The van der Waals surface area contributed by atoms with Gasteiger partial charge in [0.25, 0.3) is 11.8 Å². The number of piperazine rings is 1. The zero-order valence-corrected chi connectivity index (χ0v) is 11.5. The normalized spacial score (nSPS) is 20.9. The van der Waals surface area contributed by atoms with Gasteiger partial charge in [-0.2, -0.15) is 0 Å². The smallest absolute Gasteiger partial charge is 0.257 e. The van der Waals surface area contributed by atoms with Gasteiger partial charge in [-0.3, -0.25) is 19.7 Å². The number of aliphatic imine (C=N–C) groups is 1. The molecule has 1 atom stereocenters. The minimum absolute atomic E-state index is 0.159. The van der Waals surface area contributed by atoms with Gasteiger partial charge in [-0.15, -0.1) is 0 Å². The summed E-state index contributed by atoms with van der Waals surface area (Å²) < 4.78 is 12.9. The summed E-state index contributed by atoms with van der Waals surface area (Å²) in [5.41, 5.74) is 0.263. The Balaban J connectivity index is 1.79. The Morgan fingerprint density at radius 2 is 2.05 bits per heavy atom. The first-order valence-electron chi connectivity index (χ1n) is 6.75. The number of guanidine groups is 1. The van der Waals surface area contributed by atoms with Gasteiger partial charge in [-0.05, 0) is 24.3 Å². The lowest BCUT2D eigenvalue weighted by Crippen LogP contribution is -2.65. The van der Waals surface area contributed by atoms with Crippen LogP contribution < -0.4 is 10.6 Å². The van der Waals surface area contributed by atoms with Gasteiger partial charge < -0.3 is 10.2 Å². The van der Waals surface area contributed by atoms with Crippen molar-refractivity contribution in [1.82, 2.24) is 15.5 Å². The number of hydrogen-bond donors (Lipinski definition) is 2. The predicted molar refractivity (Wildman–Crippen MR) is 74.7 cm³/mol. The van der Waals surface area contributed by atoms with Crippen molar-refractivity contribution < 1.29 is 18.8 Å². The van der Waals surface area contributed by atoms with E-state index in [4.69, 9.17) is 0 Å². The Morgan fingerprint density at radius 3 is 2.77 bits per heavy atom. The largest absolute Gasteiger partial charge is 0.352 e. The van der Waals surface area contributed by atoms with Crippen molar-refractivity contribution in [1.29, 1.82) is 0 Å². The third-order valence-corrected chi connectivity index (χ3v) is 3.51. The molecule has 2 amide bonds. The monoisotopic (exact) mass is 304 g/mol. The number of halogens is 1. The maximum absolute atomic E-state index is 12.9. The van der Waals surface area contributed by atoms with Crippen LogP contribution in [0.1, 0.15) is 10.4 Å². The van der Waals surface area contributed by atoms with E-state index in [0.29, 0.717) is 13.1 Å². The van der Waals surface area contributed by atoms with Crippen LogP contribution in [0.4, 0.5) is 4.39 Å². The van der Waals surface area contributed by atoms with E-state index in [0.717, 1.165) is 0 Å². The Kier molecular flexibility index (Phi) is 3.58. The van der Waals surface area contributed by atoms with Crippen LogP contribution in [0.2, 0.25) is 0 Å². The Labute approximate surface area is 125 Å². The number of carbonyl (C=O) groups is 3. The second-order valence-electron chi connectivity index (χ2n) is 4.95. The summed E-state index contributed by atoms with van der Waals surface area (Å²) in [5.74, 6) is -1.42. The van der Waals surface area contributed by atoms with Crippen LogP contribution in [0, 0.1) is 5.82 Å². The molecule has 1 unspecified atom stereocenters. The Hall–Kier alpha value is -2.77. The molecule has 0 saturated carbocycles. The third-order valence-electron chi connectivity index (χ3n) is 3.51. The number of Topliss-reactive ketones (excluding diaryl/α,β-unsaturated/α-hetero) is 1. The van der Waals surface area contributed by atoms with Crippen LogP contribution >= 0.6 is 0 Å². The van der Waals surface area contributed by atoms with Crippen LogP contribution in [-0.4, -0.2) is 54.1 Å². The number of amides is 2. The molecule has 0 bridgehead atoms. The lowest BCUT2D eigenvalue weighted by molar-refractivity contribution is -0.135. The fourth-order valence-corrected chi connectivity index (χ4v) is 2.43. The van der Waals surface area contributed by atoms with Gasteiger partial charge in [-0.25, -0.2) is 9.38 Å². The number of ketones is 1. The van der Waals surface area contributed by atoms with Gasteiger partial charge in [0.1, 0.15) is 12.4 Å². The fourth-order valence-electron chi connectivity index (χ4n) is 2.43. The summed E-state index contributed by atoms with van der Waals surface area (Å²) in [6.07, 6.45) is 0. The molecule has 2 aliphatic heterocycles. The number of nitrogens with one attached hydrogen (secondary N) is 2. The first kappa shape index (κ1) is 14.2. The van der Waals surface area contributed by atoms with E-state index in [9.17, 15) is 18.8 Å². The molecule has 1 saturated heterocycles. The summed E-state index contributed by atoms with van der Waals surface area (Å²) in [5, 5.41) is 5.19. The van der Waals surface area contributed by atoms with Gasteiger partial charge in [0.05, 0.1) is 0 Å². The molecule has 2 heterocycles. The van der Waals surface area contributed by atoms with Crippen molar-refractivity contribution in [2.45, 2.75) is 6.04 Å². The predicted octanol–water partition coefficient (Wildman–Crippen LogP) is -0.705. The number of rotatable bonds is 1. The average molecular weight is 304 g/mol. The topological polar surface area (TPSA) is 90.9 Å². The van der Waals surface area contributed by atoms with Gasteiger partial charge >= 0.3 is 0 Å². The Morgan fingerprint density at radius 1 is 1.32 bits per heavy atom. The molecule has 1 aromatic carbocycles. The molecular formula is C14H13FN4O3. The van der Waals surface area contributed by atoms with Crippen LogP contribution in [0.25, 0.3) is 0 Å². The summed E-state index contributed by atoms with van der Waals surface area (Å²) in [4.78, 5) is 41.2.